The Morgan fingerprint density at radius 2 is 1.75 bits per heavy atom. The summed E-state index contributed by atoms with van der Waals surface area (Å²) in [6.45, 7) is 1.02. The summed E-state index contributed by atoms with van der Waals surface area (Å²) >= 11 is 5.80. The predicted molar refractivity (Wildman–Crippen MR) is 81.3 cm³/mol. The molecule has 9 heteroatoms. The fourth-order valence-corrected chi connectivity index (χ4v) is 3.01. The van der Waals surface area contributed by atoms with Gasteiger partial charge in [-0.1, -0.05) is 41.9 Å². The molecular weight excluding hydrogens is 369 g/mol. The molecule has 2 aromatic rings. The molecule has 0 unspecified atom stereocenters. The van der Waals surface area contributed by atoms with E-state index in [2.05, 4.69) is 4.74 Å². The van der Waals surface area contributed by atoms with Gasteiger partial charge in [0, 0.05) is 16.7 Å². The topological polar surface area (TPSA) is 52.6 Å². The van der Waals surface area contributed by atoms with E-state index in [-0.39, 0.29) is 17.2 Å². The van der Waals surface area contributed by atoms with Crippen molar-refractivity contribution in [2.45, 2.75) is 24.8 Å². The fraction of sp³-hybridized carbons (Fsp3) is 0.200. The van der Waals surface area contributed by atoms with Crippen LogP contribution in [-0.4, -0.2) is 14.8 Å². The summed E-state index contributed by atoms with van der Waals surface area (Å²) in [6, 6.07) is 10.2. The first-order valence-electron chi connectivity index (χ1n) is 6.58. The lowest BCUT2D eigenvalue weighted by molar-refractivity contribution is -0.274. The van der Waals surface area contributed by atoms with Crippen LogP contribution >= 0.6 is 11.6 Å². The van der Waals surface area contributed by atoms with E-state index in [0.29, 0.717) is 5.56 Å². The predicted octanol–water partition coefficient (Wildman–Crippen LogP) is 4.45. The Hall–Kier alpha value is -1.77. The van der Waals surface area contributed by atoms with E-state index in [0.717, 1.165) is 12.1 Å². The van der Waals surface area contributed by atoms with Gasteiger partial charge in [0.15, 0.2) is 0 Å². The van der Waals surface area contributed by atoms with Crippen molar-refractivity contribution in [2.24, 2.45) is 0 Å². The maximum Gasteiger partial charge on any atom is 0.573 e. The van der Waals surface area contributed by atoms with Gasteiger partial charge in [-0.25, -0.2) is 0 Å². The van der Waals surface area contributed by atoms with Crippen molar-refractivity contribution in [2.75, 3.05) is 0 Å². The molecule has 0 heterocycles. The van der Waals surface area contributed by atoms with E-state index in [1.54, 1.807) is 30.3 Å². The van der Waals surface area contributed by atoms with Crippen molar-refractivity contribution in [1.82, 2.24) is 0 Å². The van der Waals surface area contributed by atoms with Crippen LogP contribution in [0.3, 0.4) is 0 Å². The minimum absolute atomic E-state index is 0.0315. The van der Waals surface area contributed by atoms with Crippen molar-refractivity contribution in [3.63, 3.8) is 0 Å². The second-order valence-corrected chi connectivity index (χ2v) is 6.80. The Morgan fingerprint density at radius 1 is 1.12 bits per heavy atom. The quantitative estimate of drug-likeness (QED) is 0.719. The summed E-state index contributed by atoms with van der Waals surface area (Å²) < 4.78 is 70.2. The van der Waals surface area contributed by atoms with Gasteiger partial charge >= 0.3 is 6.36 Å². The minimum atomic E-state index is -4.97. The third-order valence-electron chi connectivity index (χ3n) is 3.01. The molecule has 0 fully saturated rings. The van der Waals surface area contributed by atoms with Crippen molar-refractivity contribution in [3.05, 3.63) is 58.6 Å². The molecule has 24 heavy (non-hydrogen) atoms. The van der Waals surface area contributed by atoms with E-state index in [1.807, 2.05) is 0 Å². The highest BCUT2D eigenvalue weighted by Gasteiger charge is 2.33. The van der Waals surface area contributed by atoms with E-state index in [9.17, 15) is 21.6 Å². The van der Waals surface area contributed by atoms with Gasteiger partial charge < -0.3 is 4.74 Å². The largest absolute Gasteiger partial charge is 0.573 e. The molecule has 0 amide bonds. The molecule has 0 saturated carbocycles. The fourth-order valence-electron chi connectivity index (χ4n) is 1.79. The Bertz CT molecular complexity index is 821. The van der Waals surface area contributed by atoms with Crippen LogP contribution < -0.4 is 4.74 Å². The molecule has 130 valence electrons. The summed E-state index contributed by atoms with van der Waals surface area (Å²) in [5, 5.41) is -0.182. The van der Waals surface area contributed by atoms with Crippen molar-refractivity contribution >= 4 is 21.7 Å². The maximum atomic E-state index is 12.4. The van der Waals surface area contributed by atoms with Crippen LogP contribution in [0.25, 0.3) is 0 Å². The van der Waals surface area contributed by atoms with Gasteiger partial charge in [0.25, 0.3) is 10.1 Å². The van der Waals surface area contributed by atoms with Crippen LogP contribution in [0.5, 0.6) is 5.75 Å². The highest BCUT2D eigenvalue weighted by Crippen LogP contribution is 2.34. The highest BCUT2D eigenvalue weighted by atomic mass is 35.5. The van der Waals surface area contributed by atoms with Crippen molar-refractivity contribution in [1.29, 1.82) is 0 Å². The summed E-state index contributed by atoms with van der Waals surface area (Å²) in [7, 11) is -4.31. The molecule has 0 spiro atoms. The Balaban J connectivity index is 2.29. The molecule has 0 aromatic heterocycles. The number of halogens is 4. The molecule has 2 rings (SSSR count). The van der Waals surface area contributed by atoms with Gasteiger partial charge in [-0.15, -0.1) is 13.2 Å². The van der Waals surface area contributed by atoms with Crippen LogP contribution in [-0.2, 0) is 20.9 Å². The lowest BCUT2D eigenvalue weighted by atomic mass is 10.2. The monoisotopic (exact) mass is 380 g/mol. The summed E-state index contributed by atoms with van der Waals surface area (Å²) in [5.41, 5.74) is 0.557. The number of alkyl halides is 3. The first-order valence-corrected chi connectivity index (χ1v) is 8.36. The number of hydrogen-bond acceptors (Lipinski definition) is 4. The van der Waals surface area contributed by atoms with E-state index >= 15 is 0 Å². The van der Waals surface area contributed by atoms with Crippen molar-refractivity contribution < 1.29 is 30.5 Å². The lowest BCUT2D eigenvalue weighted by Crippen LogP contribution is -2.18. The Morgan fingerprint density at radius 3 is 2.33 bits per heavy atom. The standard InChI is InChI=1S/C15H12ClF3O4S/c1-10-13(16)7-12(8-14(10)23-15(17,18)19)24(20,21)22-9-11-5-3-2-4-6-11/h2-8H,9H2,1H3. The normalized spacial score (nSPS) is 12.2. The van der Waals surface area contributed by atoms with Crippen LogP contribution in [0.2, 0.25) is 5.02 Å². The zero-order valence-corrected chi connectivity index (χ0v) is 13.9. The third kappa shape index (κ3) is 4.86. The third-order valence-corrected chi connectivity index (χ3v) is 4.64. The molecular formula is C15H12ClF3O4S. The van der Waals surface area contributed by atoms with Crippen LogP contribution in [0.1, 0.15) is 11.1 Å². The smallest absolute Gasteiger partial charge is 0.405 e. The van der Waals surface area contributed by atoms with Gasteiger partial charge in [-0.3, -0.25) is 4.18 Å². The van der Waals surface area contributed by atoms with E-state index in [1.165, 1.54) is 6.92 Å². The molecule has 0 saturated heterocycles. The lowest BCUT2D eigenvalue weighted by Gasteiger charge is -2.14. The zero-order valence-electron chi connectivity index (χ0n) is 12.3. The van der Waals surface area contributed by atoms with Gasteiger partial charge in [-0.05, 0) is 18.6 Å². The van der Waals surface area contributed by atoms with E-state index in [4.69, 9.17) is 15.8 Å². The molecule has 0 atom stereocenters. The van der Waals surface area contributed by atoms with E-state index < -0.39 is 27.1 Å². The van der Waals surface area contributed by atoms with Gasteiger partial charge in [-0.2, -0.15) is 8.42 Å². The number of benzene rings is 2. The first-order chi connectivity index (χ1) is 11.1. The number of rotatable bonds is 5. The Labute approximate surface area is 141 Å². The molecule has 0 aliphatic heterocycles. The second kappa shape index (κ2) is 7.00. The molecule has 0 N–H and O–H groups in total. The SMILES string of the molecule is Cc1c(Cl)cc(S(=O)(=O)OCc2ccccc2)cc1OC(F)(F)F. The van der Waals surface area contributed by atoms with Gasteiger partial charge in [0.05, 0.1) is 11.5 Å². The maximum absolute atomic E-state index is 12.4. The van der Waals surface area contributed by atoms with Crippen LogP contribution in [0, 0.1) is 6.92 Å². The van der Waals surface area contributed by atoms with Gasteiger partial charge in [0.1, 0.15) is 5.75 Å². The Kier molecular flexibility index (Phi) is 5.42. The van der Waals surface area contributed by atoms with Crippen LogP contribution in [0.4, 0.5) is 13.2 Å². The molecule has 2 aromatic carbocycles. The molecule has 0 radical (unpaired) electrons. The molecule has 0 bridgehead atoms. The average Bonchev–Trinajstić information content (AvgIpc) is 2.49. The summed E-state index contributed by atoms with van der Waals surface area (Å²) in [4.78, 5) is -0.520. The summed E-state index contributed by atoms with van der Waals surface area (Å²) in [5.74, 6) is -0.697. The average molecular weight is 381 g/mol. The van der Waals surface area contributed by atoms with Gasteiger partial charge in [0.2, 0.25) is 0 Å². The highest BCUT2D eigenvalue weighted by molar-refractivity contribution is 7.86. The zero-order chi connectivity index (χ0) is 18.0. The second-order valence-electron chi connectivity index (χ2n) is 4.78. The molecule has 4 nitrogen and oxygen atoms in total. The summed E-state index contributed by atoms with van der Waals surface area (Å²) in [6.07, 6.45) is -4.97. The number of ether oxygens (including phenoxy) is 1. The first kappa shape index (κ1) is 18.6. The molecule has 0 aliphatic rings. The van der Waals surface area contributed by atoms with Crippen LogP contribution in [0.15, 0.2) is 47.4 Å². The number of hydrogen-bond donors (Lipinski definition) is 0. The minimum Gasteiger partial charge on any atom is -0.405 e. The van der Waals surface area contributed by atoms with Crippen molar-refractivity contribution in [3.8, 4) is 5.75 Å². The molecule has 0 aliphatic carbocycles.